The predicted molar refractivity (Wildman–Crippen MR) is 108 cm³/mol. The third-order valence-corrected chi connectivity index (χ3v) is 7.49. The molecule has 5 rings (SSSR count). The molecular weight excluding hydrogens is 386 g/mol. The van der Waals surface area contributed by atoms with Crippen molar-refractivity contribution in [1.82, 2.24) is 15.1 Å². The van der Waals surface area contributed by atoms with Crippen molar-refractivity contribution >= 4 is 28.4 Å². The maximum atomic E-state index is 13.7. The quantitative estimate of drug-likeness (QED) is 0.517. The van der Waals surface area contributed by atoms with Crippen molar-refractivity contribution in [3.8, 4) is 0 Å². The van der Waals surface area contributed by atoms with Gasteiger partial charge in [0.05, 0.1) is 32.8 Å². The second-order valence-electron chi connectivity index (χ2n) is 8.99. The van der Waals surface area contributed by atoms with Crippen molar-refractivity contribution in [1.29, 1.82) is 0 Å². The Kier molecular flexibility index (Phi) is 3.49. The molecule has 2 aliphatic rings. The lowest BCUT2D eigenvalue weighted by Gasteiger charge is -2.39. The van der Waals surface area contributed by atoms with Gasteiger partial charge in [-0.15, -0.1) is 0 Å². The number of aromatic nitrogens is 3. The monoisotopic (exact) mass is 407 g/mol. The summed E-state index contributed by atoms with van der Waals surface area (Å²) in [6.45, 7) is 8.03. The first-order valence-electron chi connectivity index (χ1n) is 9.82. The van der Waals surface area contributed by atoms with Gasteiger partial charge in [-0.2, -0.15) is 0 Å². The SMILES string of the molecule is Cc1cc(NC(=O)C23CCC(C)(c4nc5ccc([N+](=O)[O-])cc5nc42)C3(C)C)no1. The molecule has 2 unspecified atom stereocenters. The van der Waals surface area contributed by atoms with E-state index < -0.39 is 15.8 Å². The zero-order valence-corrected chi connectivity index (χ0v) is 17.1. The van der Waals surface area contributed by atoms with Crippen LogP contribution < -0.4 is 5.32 Å². The lowest BCUT2D eigenvalue weighted by molar-refractivity contribution is -0.384. The van der Waals surface area contributed by atoms with E-state index in [1.807, 2.05) is 0 Å². The summed E-state index contributed by atoms with van der Waals surface area (Å²) in [6, 6.07) is 6.13. The first-order chi connectivity index (χ1) is 14.1. The van der Waals surface area contributed by atoms with Crippen LogP contribution in [0.2, 0.25) is 0 Å². The number of rotatable bonds is 3. The zero-order chi connectivity index (χ0) is 21.5. The molecule has 1 amide bonds. The first kappa shape index (κ1) is 18.7. The van der Waals surface area contributed by atoms with E-state index in [2.05, 4.69) is 31.2 Å². The Bertz CT molecular complexity index is 1250. The van der Waals surface area contributed by atoms with Crippen LogP contribution in [0.15, 0.2) is 28.8 Å². The van der Waals surface area contributed by atoms with Crippen molar-refractivity contribution in [2.24, 2.45) is 5.41 Å². The molecule has 2 heterocycles. The summed E-state index contributed by atoms with van der Waals surface area (Å²) in [5.41, 5.74) is 0.624. The van der Waals surface area contributed by atoms with E-state index in [0.717, 1.165) is 12.1 Å². The van der Waals surface area contributed by atoms with Gasteiger partial charge in [0.1, 0.15) is 5.76 Å². The molecule has 2 atom stereocenters. The molecule has 1 fully saturated rings. The standard InChI is InChI=1S/C21H21N5O4/c1-11-9-15(25-30-11)24-18(27)21-8-7-20(4,19(21,2)3)16-17(21)23-14-10-12(26(28)29)5-6-13(14)22-16/h5-6,9-10H,7-8H2,1-4H3,(H,24,25,27). The number of hydrogen-bond donors (Lipinski definition) is 1. The van der Waals surface area contributed by atoms with Gasteiger partial charge in [0.15, 0.2) is 5.82 Å². The Labute approximate surface area is 172 Å². The van der Waals surface area contributed by atoms with Crippen molar-refractivity contribution in [3.05, 3.63) is 51.5 Å². The predicted octanol–water partition coefficient (Wildman–Crippen LogP) is 3.80. The Morgan fingerprint density at radius 2 is 1.87 bits per heavy atom. The van der Waals surface area contributed by atoms with Crippen LogP contribution in [-0.2, 0) is 15.6 Å². The summed E-state index contributed by atoms with van der Waals surface area (Å²) in [4.78, 5) is 34.1. The highest BCUT2D eigenvalue weighted by atomic mass is 16.6. The average molecular weight is 407 g/mol. The largest absolute Gasteiger partial charge is 0.360 e. The minimum absolute atomic E-state index is 0.0537. The second kappa shape index (κ2) is 5.62. The number of hydrogen-bond acceptors (Lipinski definition) is 7. The lowest BCUT2D eigenvalue weighted by atomic mass is 9.63. The normalized spacial score (nSPS) is 26.0. The number of carbonyl (C=O) groups excluding carboxylic acids is 1. The van der Waals surface area contributed by atoms with E-state index in [0.29, 0.717) is 34.7 Å². The number of amides is 1. The fourth-order valence-electron chi connectivity index (χ4n) is 5.35. The molecule has 9 nitrogen and oxygen atoms in total. The third-order valence-electron chi connectivity index (χ3n) is 7.49. The topological polar surface area (TPSA) is 124 Å². The third kappa shape index (κ3) is 2.07. The summed E-state index contributed by atoms with van der Waals surface area (Å²) in [7, 11) is 0. The van der Waals surface area contributed by atoms with Crippen LogP contribution in [0.5, 0.6) is 0 Å². The number of aryl methyl sites for hydroxylation is 1. The van der Waals surface area contributed by atoms with Gasteiger partial charge < -0.3 is 9.84 Å². The van der Waals surface area contributed by atoms with Gasteiger partial charge in [-0.1, -0.05) is 25.9 Å². The fraction of sp³-hybridized carbons (Fsp3) is 0.429. The molecule has 9 heteroatoms. The van der Waals surface area contributed by atoms with E-state index in [-0.39, 0.29) is 17.0 Å². The number of anilines is 1. The highest BCUT2D eigenvalue weighted by Crippen LogP contribution is 2.70. The van der Waals surface area contributed by atoms with E-state index >= 15 is 0 Å². The smallest absolute Gasteiger partial charge is 0.271 e. The maximum absolute atomic E-state index is 13.7. The van der Waals surface area contributed by atoms with Crippen molar-refractivity contribution in [2.45, 2.75) is 51.4 Å². The van der Waals surface area contributed by atoms with Crippen LogP contribution >= 0.6 is 0 Å². The first-order valence-corrected chi connectivity index (χ1v) is 9.82. The van der Waals surface area contributed by atoms with Gasteiger partial charge in [-0.25, -0.2) is 9.97 Å². The molecule has 3 aromatic rings. The van der Waals surface area contributed by atoms with Crippen LogP contribution in [0.1, 0.15) is 50.8 Å². The molecule has 0 spiro atoms. The molecule has 1 aromatic carbocycles. The highest BCUT2D eigenvalue weighted by Gasteiger charge is 2.73. The van der Waals surface area contributed by atoms with Crippen molar-refractivity contribution in [2.75, 3.05) is 5.32 Å². The van der Waals surface area contributed by atoms with Crippen LogP contribution in [0.3, 0.4) is 0 Å². The van der Waals surface area contributed by atoms with Gasteiger partial charge >= 0.3 is 0 Å². The van der Waals surface area contributed by atoms with Gasteiger partial charge in [0.2, 0.25) is 5.91 Å². The molecule has 1 N–H and O–H groups in total. The number of nitrogens with one attached hydrogen (secondary N) is 1. The van der Waals surface area contributed by atoms with E-state index in [1.165, 1.54) is 12.1 Å². The van der Waals surface area contributed by atoms with E-state index in [9.17, 15) is 14.9 Å². The lowest BCUT2D eigenvalue weighted by Crippen LogP contribution is -2.48. The minimum Gasteiger partial charge on any atom is -0.360 e. The molecule has 2 aliphatic carbocycles. The van der Waals surface area contributed by atoms with Crippen LogP contribution in [0, 0.1) is 22.5 Å². The van der Waals surface area contributed by atoms with Crippen LogP contribution in [0.25, 0.3) is 11.0 Å². The maximum Gasteiger partial charge on any atom is 0.271 e. The van der Waals surface area contributed by atoms with Gasteiger partial charge in [-0.3, -0.25) is 14.9 Å². The van der Waals surface area contributed by atoms with Crippen molar-refractivity contribution in [3.63, 3.8) is 0 Å². The summed E-state index contributed by atoms with van der Waals surface area (Å²) < 4.78 is 5.08. The molecule has 1 saturated carbocycles. The number of non-ortho nitro benzene ring substituents is 1. The van der Waals surface area contributed by atoms with Crippen LogP contribution in [0.4, 0.5) is 11.5 Å². The molecule has 0 radical (unpaired) electrons. The summed E-state index contributed by atoms with van der Waals surface area (Å²) >= 11 is 0. The van der Waals surface area contributed by atoms with Gasteiger partial charge in [-0.05, 0) is 31.2 Å². The highest BCUT2D eigenvalue weighted by molar-refractivity contribution is 6.01. The molecule has 0 aliphatic heterocycles. The number of nitrogens with zero attached hydrogens (tertiary/aromatic N) is 4. The van der Waals surface area contributed by atoms with E-state index in [4.69, 9.17) is 14.5 Å². The molecule has 2 bridgehead atoms. The number of nitro benzene ring substituents is 1. The Morgan fingerprint density at radius 1 is 1.13 bits per heavy atom. The molecule has 154 valence electrons. The average Bonchev–Trinajstić information content (AvgIpc) is 3.23. The summed E-state index contributed by atoms with van der Waals surface area (Å²) in [6.07, 6.45) is 1.41. The molecular formula is C21H21N5O4. The van der Waals surface area contributed by atoms with Gasteiger partial charge in [0, 0.05) is 23.6 Å². The van der Waals surface area contributed by atoms with E-state index in [1.54, 1.807) is 19.1 Å². The number of benzene rings is 1. The van der Waals surface area contributed by atoms with Crippen LogP contribution in [-0.4, -0.2) is 26.0 Å². The number of fused-ring (bicyclic) bond motifs is 6. The molecule has 2 aromatic heterocycles. The minimum atomic E-state index is -0.921. The second-order valence-corrected chi connectivity index (χ2v) is 8.99. The molecule has 0 saturated heterocycles. The Morgan fingerprint density at radius 3 is 2.53 bits per heavy atom. The Hall–Kier alpha value is -3.36. The summed E-state index contributed by atoms with van der Waals surface area (Å²) in [5, 5.41) is 18.0. The summed E-state index contributed by atoms with van der Waals surface area (Å²) in [5.74, 6) is 0.750. The zero-order valence-electron chi connectivity index (χ0n) is 17.1. The fourth-order valence-corrected chi connectivity index (χ4v) is 5.35. The molecule has 30 heavy (non-hydrogen) atoms. The van der Waals surface area contributed by atoms with Gasteiger partial charge in [0.25, 0.3) is 5.69 Å². The Balaban J connectivity index is 1.72. The number of nitro groups is 1. The number of carbonyl (C=O) groups is 1. The van der Waals surface area contributed by atoms with Crippen molar-refractivity contribution < 1.29 is 14.2 Å².